The third kappa shape index (κ3) is 3.56. The zero-order valence-electron chi connectivity index (χ0n) is 13.4. The van der Waals surface area contributed by atoms with Gasteiger partial charge in [0, 0.05) is 22.8 Å². The first-order valence-corrected chi connectivity index (χ1v) is 8.54. The molecule has 7 heteroatoms. The second kappa shape index (κ2) is 6.92. The van der Waals surface area contributed by atoms with Crippen molar-refractivity contribution in [3.05, 3.63) is 53.1 Å². The number of benzene rings is 2. The number of anilines is 1. The lowest BCUT2D eigenvalue weighted by atomic mass is 10.0. The molecule has 0 aromatic heterocycles. The Morgan fingerprint density at radius 3 is 2.76 bits per heavy atom. The molecule has 130 valence electrons. The first-order chi connectivity index (χ1) is 12.2. The van der Waals surface area contributed by atoms with Gasteiger partial charge in [-0.3, -0.25) is 4.79 Å². The topological polar surface area (TPSA) is 71.6 Å². The molecule has 0 radical (unpaired) electrons. The van der Waals surface area contributed by atoms with Crippen molar-refractivity contribution in [2.75, 3.05) is 18.5 Å². The van der Waals surface area contributed by atoms with Crippen molar-refractivity contribution in [1.29, 1.82) is 0 Å². The summed E-state index contributed by atoms with van der Waals surface area (Å²) in [6.45, 7) is 1.06. The van der Waals surface area contributed by atoms with Crippen molar-refractivity contribution in [3.63, 3.8) is 0 Å². The van der Waals surface area contributed by atoms with E-state index < -0.39 is 0 Å². The van der Waals surface area contributed by atoms with Crippen LogP contribution in [-0.2, 0) is 4.79 Å². The maximum absolute atomic E-state index is 12.5. The second-order valence-electron chi connectivity index (χ2n) is 6.03. The molecule has 6 nitrogen and oxygen atoms in total. The molecule has 0 saturated carbocycles. The average Bonchev–Trinajstić information content (AvgIpc) is 3.12. The van der Waals surface area contributed by atoms with E-state index in [0.29, 0.717) is 41.8 Å². The van der Waals surface area contributed by atoms with E-state index in [1.165, 1.54) is 0 Å². The van der Waals surface area contributed by atoms with Crippen molar-refractivity contribution < 1.29 is 14.3 Å². The van der Waals surface area contributed by atoms with Crippen LogP contribution < -0.4 is 25.6 Å². The Labute approximate surface area is 150 Å². The zero-order valence-corrected chi connectivity index (χ0v) is 14.2. The fourth-order valence-electron chi connectivity index (χ4n) is 3.02. The quantitative estimate of drug-likeness (QED) is 0.786. The van der Waals surface area contributed by atoms with Crippen LogP contribution in [0.1, 0.15) is 18.0 Å². The van der Waals surface area contributed by atoms with Crippen LogP contribution in [0, 0.1) is 0 Å². The number of hydrogen-bond acceptors (Lipinski definition) is 5. The Morgan fingerprint density at radius 2 is 1.92 bits per heavy atom. The van der Waals surface area contributed by atoms with Crippen molar-refractivity contribution in [2.45, 2.75) is 18.5 Å². The van der Waals surface area contributed by atoms with Gasteiger partial charge in [-0.15, -0.1) is 0 Å². The van der Waals surface area contributed by atoms with Crippen LogP contribution in [0.3, 0.4) is 0 Å². The van der Waals surface area contributed by atoms with Crippen LogP contribution >= 0.6 is 11.6 Å². The molecule has 0 spiro atoms. The molecule has 0 bridgehead atoms. The molecule has 2 unspecified atom stereocenters. The Kier molecular flexibility index (Phi) is 4.48. The maximum Gasteiger partial charge on any atom is 0.242 e. The van der Waals surface area contributed by atoms with Gasteiger partial charge in [-0.25, -0.2) is 10.9 Å². The first-order valence-electron chi connectivity index (χ1n) is 8.16. The molecule has 2 aromatic rings. The highest BCUT2D eigenvalue weighted by atomic mass is 35.5. The molecule has 2 aliphatic heterocycles. The Bertz CT molecular complexity index is 799. The van der Waals surface area contributed by atoms with Gasteiger partial charge in [0.05, 0.1) is 0 Å². The van der Waals surface area contributed by atoms with Gasteiger partial charge in [0.25, 0.3) is 0 Å². The van der Waals surface area contributed by atoms with Crippen molar-refractivity contribution >= 4 is 23.2 Å². The van der Waals surface area contributed by atoms with Gasteiger partial charge in [-0.05, 0) is 36.2 Å². The van der Waals surface area contributed by atoms with Gasteiger partial charge >= 0.3 is 0 Å². The van der Waals surface area contributed by atoms with Gasteiger partial charge < -0.3 is 14.8 Å². The number of hydrazine groups is 1. The highest BCUT2D eigenvalue weighted by Crippen LogP contribution is 2.33. The lowest BCUT2D eigenvalue weighted by Crippen LogP contribution is -2.39. The first kappa shape index (κ1) is 16.2. The number of rotatable bonds is 3. The van der Waals surface area contributed by atoms with Crippen LogP contribution in [0.5, 0.6) is 11.5 Å². The lowest BCUT2D eigenvalue weighted by Gasteiger charge is -2.19. The lowest BCUT2D eigenvalue weighted by molar-refractivity contribution is -0.117. The fraction of sp³-hybridized carbons (Fsp3) is 0.278. The molecule has 0 aliphatic carbocycles. The highest BCUT2D eigenvalue weighted by molar-refractivity contribution is 6.30. The molecule has 2 heterocycles. The monoisotopic (exact) mass is 359 g/mol. The number of carbonyl (C=O) groups excluding carboxylic acids is 1. The number of fused-ring (bicyclic) bond motifs is 1. The van der Waals surface area contributed by atoms with Gasteiger partial charge in [-0.2, -0.15) is 0 Å². The van der Waals surface area contributed by atoms with E-state index in [9.17, 15) is 4.79 Å². The Hall–Kier alpha value is -2.28. The predicted octanol–water partition coefficient (Wildman–Crippen LogP) is 2.66. The van der Waals surface area contributed by atoms with Gasteiger partial charge in [0.2, 0.25) is 5.91 Å². The van der Waals surface area contributed by atoms with Gasteiger partial charge in [-0.1, -0.05) is 23.7 Å². The molecule has 1 saturated heterocycles. The zero-order chi connectivity index (χ0) is 17.2. The van der Waals surface area contributed by atoms with Crippen molar-refractivity contribution in [1.82, 2.24) is 10.9 Å². The summed E-state index contributed by atoms with van der Waals surface area (Å²) < 4.78 is 11.0. The van der Waals surface area contributed by atoms with Crippen LogP contribution in [-0.4, -0.2) is 25.2 Å². The molecule has 2 atom stereocenters. The summed E-state index contributed by atoms with van der Waals surface area (Å²) in [6, 6.07) is 12.7. The predicted molar refractivity (Wildman–Crippen MR) is 94.9 cm³/mol. The van der Waals surface area contributed by atoms with E-state index in [1.807, 2.05) is 30.3 Å². The van der Waals surface area contributed by atoms with E-state index >= 15 is 0 Å². The summed E-state index contributed by atoms with van der Waals surface area (Å²) in [7, 11) is 0. The third-order valence-corrected chi connectivity index (χ3v) is 4.52. The second-order valence-corrected chi connectivity index (χ2v) is 6.47. The number of ether oxygens (including phenoxy) is 2. The van der Waals surface area contributed by atoms with Crippen molar-refractivity contribution in [2.24, 2.45) is 0 Å². The number of halogens is 1. The Balaban J connectivity index is 1.40. The number of amides is 1. The summed E-state index contributed by atoms with van der Waals surface area (Å²) in [4.78, 5) is 12.5. The van der Waals surface area contributed by atoms with Crippen LogP contribution in [0.2, 0.25) is 5.02 Å². The smallest absolute Gasteiger partial charge is 0.242 e. The van der Waals surface area contributed by atoms with Crippen LogP contribution in [0.15, 0.2) is 42.5 Å². The summed E-state index contributed by atoms with van der Waals surface area (Å²) in [5.74, 6) is 1.25. The van der Waals surface area contributed by atoms with Gasteiger partial charge in [0.15, 0.2) is 11.5 Å². The van der Waals surface area contributed by atoms with E-state index in [0.717, 1.165) is 5.56 Å². The third-order valence-electron chi connectivity index (χ3n) is 4.28. The normalized spacial score (nSPS) is 21.8. The van der Waals surface area contributed by atoms with Gasteiger partial charge in [0.1, 0.15) is 19.3 Å². The molecular weight excluding hydrogens is 342 g/mol. The minimum absolute atomic E-state index is 0.0368. The molecule has 3 N–H and O–H groups in total. The van der Waals surface area contributed by atoms with Crippen LogP contribution in [0.4, 0.5) is 5.69 Å². The fourth-order valence-corrected chi connectivity index (χ4v) is 3.22. The minimum Gasteiger partial charge on any atom is -0.486 e. The number of nitrogens with one attached hydrogen (secondary N) is 3. The van der Waals surface area contributed by atoms with E-state index in [1.54, 1.807) is 12.1 Å². The maximum atomic E-state index is 12.5. The number of carbonyl (C=O) groups is 1. The summed E-state index contributed by atoms with van der Waals surface area (Å²) in [5.41, 5.74) is 7.93. The molecule has 2 aromatic carbocycles. The number of hydrogen-bond donors (Lipinski definition) is 3. The summed E-state index contributed by atoms with van der Waals surface area (Å²) in [6.07, 6.45) is 0.636. The summed E-state index contributed by atoms with van der Waals surface area (Å²) >= 11 is 6.04. The highest BCUT2D eigenvalue weighted by Gasteiger charge is 2.30. The Morgan fingerprint density at radius 1 is 1.08 bits per heavy atom. The minimum atomic E-state index is -0.336. The average molecular weight is 360 g/mol. The SMILES string of the molecule is O=C(Nc1ccc2c(c1)OCCO2)C1CC(c2cccc(Cl)c2)NN1. The molecule has 25 heavy (non-hydrogen) atoms. The molecule has 1 amide bonds. The van der Waals surface area contributed by atoms with Crippen LogP contribution in [0.25, 0.3) is 0 Å². The summed E-state index contributed by atoms with van der Waals surface area (Å²) in [5, 5.41) is 3.60. The molecule has 2 aliphatic rings. The molecular formula is C18H18ClN3O3. The van der Waals surface area contributed by atoms with E-state index in [-0.39, 0.29) is 18.0 Å². The van der Waals surface area contributed by atoms with Crippen molar-refractivity contribution in [3.8, 4) is 11.5 Å². The molecule has 1 fully saturated rings. The van der Waals surface area contributed by atoms with E-state index in [4.69, 9.17) is 21.1 Å². The largest absolute Gasteiger partial charge is 0.486 e. The van der Waals surface area contributed by atoms with E-state index in [2.05, 4.69) is 16.2 Å². The molecule has 4 rings (SSSR count). The standard InChI is InChI=1S/C18H18ClN3O3/c19-12-3-1-2-11(8-12)14-10-15(22-21-14)18(23)20-13-4-5-16-17(9-13)25-7-6-24-16/h1-5,8-9,14-15,21-22H,6-7,10H2,(H,20,23).